The van der Waals surface area contributed by atoms with Crippen molar-refractivity contribution >= 4 is 10.9 Å². The van der Waals surface area contributed by atoms with Gasteiger partial charge in [-0.05, 0) is 70.1 Å². The van der Waals surface area contributed by atoms with Crippen LogP contribution in [-0.2, 0) is 32.6 Å². The van der Waals surface area contributed by atoms with E-state index in [1.807, 2.05) is 66.2 Å². The lowest BCUT2D eigenvalue weighted by molar-refractivity contribution is 0.174. The number of aryl methyl sites for hydroxylation is 3. The summed E-state index contributed by atoms with van der Waals surface area (Å²) in [6.45, 7) is 4.39. The van der Waals surface area contributed by atoms with Crippen molar-refractivity contribution in [1.82, 2.24) is 30.1 Å². The highest BCUT2D eigenvalue weighted by molar-refractivity contribution is 5.79. The van der Waals surface area contributed by atoms with Crippen LogP contribution in [0, 0.1) is 6.92 Å². The van der Waals surface area contributed by atoms with Gasteiger partial charge >= 0.3 is 0 Å². The molecule has 1 aliphatic heterocycles. The van der Waals surface area contributed by atoms with Gasteiger partial charge in [-0.1, -0.05) is 48.5 Å². The predicted octanol–water partition coefficient (Wildman–Crippen LogP) is 4.00. The average molecular weight is 509 g/mol. The molecule has 0 unspecified atom stereocenters. The third-order valence-corrected chi connectivity index (χ3v) is 6.74. The third kappa shape index (κ3) is 5.28. The molecular weight excluding hydrogens is 480 g/mol. The Balaban J connectivity index is 1.27. The summed E-state index contributed by atoms with van der Waals surface area (Å²) < 4.78 is 12.9. The lowest BCUT2D eigenvalue weighted by atomic mass is 10.1. The molecular formula is C29H28N6O3. The van der Waals surface area contributed by atoms with Gasteiger partial charge in [0.1, 0.15) is 0 Å². The van der Waals surface area contributed by atoms with E-state index in [0.717, 1.165) is 45.8 Å². The highest BCUT2D eigenvalue weighted by Crippen LogP contribution is 2.33. The summed E-state index contributed by atoms with van der Waals surface area (Å²) >= 11 is 0. The summed E-state index contributed by atoms with van der Waals surface area (Å²) in [6, 6.07) is 24.3. The Morgan fingerprint density at radius 3 is 2.68 bits per heavy atom. The maximum atomic E-state index is 13.1. The number of aromatic amines is 1. The molecule has 9 nitrogen and oxygen atoms in total. The fourth-order valence-electron chi connectivity index (χ4n) is 4.77. The number of rotatable bonds is 9. The van der Waals surface area contributed by atoms with E-state index in [1.165, 1.54) is 5.56 Å². The molecule has 3 heterocycles. The number of H-pyrrole nitrogens is 1. The molecule has 9 heteroatoms. The lowest BCUT2D eigenvalue weighted by Gasteiger charge is -2.22. The number of aromatic nitrogens is 5. The second kappa shape index (κ2) is 10.5. The second-order valence-electron chi connectivity index (χ2n) is 9.60. The van der Waals surface area contributed by atoms with Gasteiger partial charge in [-0.2, -0.15) is 0 Å². The number of hydrogen-bond acceptors (Lipinski definition) is 7. The largest absolute Gasteiger partial charge is 0.454 e. The van der Waals surface area contributed by atoms with Crippen LogP contribution in [0.1, 0.15) is 28.1 Å². The van der Waals surface area contributed by atoms with Crippen LogP contribution in [0.15, 0.2) is 77.6 Å². The number of ether oxygens (including phenoxy) is 2. The average Bonchev–Trinajstić information content (AvgIpc) is 3.57. The molecule has 6 rings (SSSR count). The molecule has 0 aliphatic carbocycles. The molecule has 38 heavy (non-hydrogen) atoms. The van der Waals surface area contributed by atoms with E-state index < -0.39 is 0 Å². The quantitative estimate of drug-likeness (QED) is 0.321. The molecule has 0 saturated carbocycles. The Bertz CT molecular complexity index is 1630. The number of tetrazole rings is 1. The zero-order valence-electron chi connectivity index (χ0n) is 21.1. The third-order valence-electron chi connectivity index (χ3n) is 6.74. The zero-order chi connectivity index (χ0) is 25.9. The first-order chi connectivity index (χ1) is 18.6. The van der Waals surface area contributed by atoms with Gasteiger partial charge in [0.25, 0.3) is 5.56 Å². The summed E-state index contributed by atoms with van der Waals surface area (Å²) in [4.78, 5) is 18.3. The molecule has 0 radical (unpaired) electrons. The van der Waals surface area contributed by atoms with Crippen LogP contribution in [0.2, 0.25) is 0 Å². The first-order valence-corrected chi connectivity index (χ1v) is 12.6. The van der Waals surface area contributed by atoms with Gasteiger partial charge in [0, 0.05) is 30.7 Å². The Hall–Kier alpha value is -4.50. The van der Waals surface area contributed by atoms with Crippen LogP contribution in [0.4, 0.5) is 0 Å². The van der Waals surface area contributed by atoms with E-state index in [9.17, 15) is 4.79 Å². The van der Waals surface area contributed by atoms with Gasteiger partial charge in [0.2, 0.25) is 6.79 Å². The normalized spacial score (nSPS) is 12.5. The number of pyridine rings is 1. The van der Waals surface area contributed by atoms with Crippen LogP contribution < -0.4 is 15.0 Å². The van der Waals surface area contributed by atoms with Crippen LogP contribution in [0.25, 0.3) is 10.9 Å². The maximum absolute atomic E-state index is 13.1. The van der Waals surface area contributed by atoms with Gasteiger partial charge < -0.3 is 14.5 Å². The van der Waals surface area contributed by atoms with Gasteiger partial charge in [-0.3, -0.25) is 9.69 Å². The molecule has 192 valence electrons. The van der Waals surface area contributed by atoms with Crippen LogP contribution >= 0.6 is 0 Å². The summed E-state index contributed by atoms with van der Waals surface area (Å²) in [5, 5.41) is 13.5. The smallest absolute Gasteiger partial charge is 0.252 e. The minimum atomic E-state index is -0.0949. The van der Waals surface area contributed by atoms with E-state index in [4.69, 9.17) is 9.47 Å². The number of nitrogens with zero attached hydrogens (tertiary/aromatic N) is 5. The Kier molecular flexibility index (Phi) is 6.58. The van der Waals surface area contributed by atoms with Gasteiger partial charge in [0.15, 0.2) is 17.3 Å². The molecule has 0 saturated heterocycles. The van der Waals surface area contributed by atoms with Crippen molar-refractivity contribution in [2.75, 3.05) is 6.79 Å². The van der Waals surface area contributed by atoms with Crippen molar-refractivity contribution in [2.45, 2.75) is 39.5 Å². The molecule has 0 bridgehead atoms. The monoisotopic (exact) mass is 508 g/mol. The van der Waals surface area contributed by atoms with Gasteiger partial charge in [0.05, 0.1) is 6.54 Å². The van der Waals surface area contributed by atoms with Crippen molar-refractivity contribution in [1.29, 1.82) is 0 Å². The van der Waals surface area contributed by atoms with Crippen LogP contribution in [0.5, 0.6) is 11.5 Å². The Morgan fingerprint density at radius 1 is 0.921 bits per heavy atom. The fraction of sp³-hybridized carbons (Fsp3) is 0.241. The van der Waals surface area contributed by atoms with Crippen molar-refractivity contribution < 1.29 is 9.47 Å². The molecule has 2 aromatic heterocycles. The minimum absolute atomic E-state index is 0.0949. The van der Waals surface area contributed by atoms with E-state index in [-0.39, 0.29) is 12.4 Å². The Labute approximate surface area is 219 Å². The summed E-state index contributed by atoms with van der Waals surface area (Å²) in [5.74, 6) is 2.22. The summed E-state index contributed by atoms with van der Waals surface area (Å²) in [6.07, 6.45) is 0.824. The molecule has 5 aromatic rings. The topological polar surface area (TPSA) is 98.2 Å². The second-order valence-corrected chi connectivity index (χ2v) is 9.60. The molecule has 1 N–H and O–H groups in total. The SMILES string of the molecule is Cc1ccc2cc(CN(Cc3ccc4c(c3)OCO4)Cc3nnnn3CCc3ccccc3)c(=O)[nH]c2c1. The van der Waals surface area contributed by atoms with Crippen molar-refractivity contribution in [3.63, 3.8) is 0 Å². The zero-order valence-corrected chi connectivity index (χ0v) is 21.1. The standard InChI is InChI=1S/C29H28N6O3/c1-20-7-9-23-15-24(29(36)30-25(23)13-20)17-34(16-22-8-10-26-27(14-22)38-19-37-26)18-28-31-32-33-35(28)12-11-21-5-3-2-4-6-21/h2-10,13-15H,11-12,16-19H2,1H3,(H,30,36). The number of fused-ring (bicyclic) bond motifs is 2. The molecule has 3 aromatic carbocycles. The molecule has 0 spiro atoms. The number of benzene rings is 3. The molecule has 1 aliphatic rings. The predicted molar refractivity (Wildman–Crippen MR) is 143 cm³/mol. The number of hydrogen-bond donors (Lipinski definition) is 1. The lowest BCUT2D eigenvalue weighted by Crippen LogP contribution is -2.28. The minimum Gasteiger partial charge on any atom is -0.454 e. The van der Waals surface area contributed by atoms with E-state index in [1.54, 1.807) is 0 Å². The van der Waals surface area contributed by atoms with E-state index >= 15 is 0 Å². The summed E-state index contributed by atoms with van der Waals surface area (Å²) in [5.41, 5.74) is 4.81. The van der Waals surface area contributed by atoms with Gasteiger partial charge in [-0.15, -0.1) is 5.10 Å². The summed E-state index contributed by atoms with van der Waals surface area (Å²) in [7, 11) is 0. The van der Waals surface area contributed by atoms with Crippen molar-refractivity contribution in [3.05, 3.63) is 111 Å². The first-order valence-electron chi connectivity index (χ1n) is 12.6. The molecule has 0 fully saturated rings. The highest BCUT2D eigenvalue weighted by atomic mass is 16.7. The molecule has 0 amide bonds. The first kappa shape index (κ1) is 23.9. The maximum Gasteiger partial charge on any atom is 0.252 e. The number of nitrogens with one attached hydrogen (secondary N) is 1. The van der Waals surface area contributed by atoms with E-state index in [0.29, 0.717) is 31.7 Å². The fourth-order valence-corrected chi connectivity index (χ4v) is 4.77. The molecule has 0 atom stereocenters. The van der Waals surface area contributed by atoms with Crippen LogP contribution in [0.3, 0.4) is 0 Å². The van der Waals surface area contributed by atoms with Crippen molar-refractivity contribution in [3.8, 4) is 11.5 Å². The van der Waals surface area contributed by atoms with E-state index in [2.05, 4.69) is 43.6 Å². The van der Waals surface area contributed by atoms with Gasteiger partial charge in [-0.25, -0.2) is 4.68 Å². The van der Waals surface area contributed by atoms with Crippen molar-refractivity contribution in [2.24, 2.45) is 0 Å². The van der Waals surface area contributed by atoms with Crippen LogP contribution in [-0.4, -0.2) is 36.9 Å². The Morgan fingerprint density at radius 2 is 1.79 bits per heavy atom. The highest BCUT2D eigenvalue weighted by Gasteiger charge is 2.18.